The van der Waals surface area contributed by atoms with Crippen LogP contribution < -0.4 is 26.4 Å². The van der Waals surface area contributed by atoms with Crippen LogP contribution in [0.15, 0.2) is 36.7 Å². The molecule has 0 unspecified atom stereocenters. The highest BCUT2D eigenvalue weighted by molar-refractivity contribution is 6.08. The van der Waals surface area contributed by atoms with E-state index in [0.29, 0.717) is 23.8 Å². The molecule has 1 aliphatic rings. The van der Waals surface area contributed by atoms with Gasteiger partial charge in [0.15, 0.2) is 11.3 Å². The van der Waals surface area contributed by atoms with E-state index in [1.165, 1.54) is 0 Å². The van der Waals surface area contributed by atoms with E-state index in [4.69, 9.17) is 16.2 Å². The molecule has 0 aliphatic carbocycles. The summed E-state index contributed by atoms with van der Waals surface area (Å²) in [5.74, 6) is 0.0261. The average molecular weight is 407 g/mol. The van der Waals surface area contributed by atoms with Crippen molar-refractivity contribution in [3.8, 4) is 5.88 Å². The molecule has 30 heavy (non-hydrogen) atoms. The lowest BCUT2D eigenvalue weighted by molar-refractivity contribution is 0.102. The second-order valence-corrected chi connectivity index (χ2v) is 7.25. The third-order valence-electron chi connectivity index (χ3n) is 5.03. The zero-order chi connectivity index (χ0) is 21.1. The Labute approximate surface area is 174 Å². The highest BCUT2D eigenvalue weighted by Crippen LogP contribution is 2.28. The summed E-state index contributed by atoms with van der Waals surface area (Å²) < 4.78 is 5.42. The number of hydrogen-bond acceptors (Lipinski definition) is 8. The lowest BCUT2D eigenvalue weighted by Gasteiger charge is -2.33. The number of aromatic nitrogens is 3. The number of nitrogen functional groups attached to an aromatic ring is 1. The highest BCUT2D eigenvalue weighted by atomic mass is 16.5. The Morgan fingerprint density at radius 2 is 2.20 bits per heavy atom. The molecule has 1 atom stereocenters. The van der Waals surface area contributed by atoms with E-state index in [1.54, 1.807) is 24.5 Å². The summed E-state index contributed by atoms with van der Waals surface area (Å²) >= 11 is 0. The molecule has 156 valence electrons. The van der Waals surface area contributed by atoms with Gasteiger partial charge in [0.25, 0.3) is 5.91 Å². The molecule has 1 amide bonds. The van der Waals surface area contributed by atoms with Gasteiger partial charge in [-0.3, -0.25) is 9.78 Å². The number of nitrogens with one attached hydrogen (secondary N) is 1. The first-order chi connectivity index (χ1) is 14.5. The van der Waals surface area contributed by atoms with E-state index in [1.807, 2.05) is 19.1 Å². The summed E-state index contributed by atoms with van der Waals surface area (Å²) in [4.78, 5) is 28.1. The molecule has 3 aromatic rings. The molecular weight excluding hydrogens is 382 g/mol. The van der Waals surface area contributed by atoms with E-state index in [9.17, 15) is 4.79 Å². The van der Waals surface area contributed by atoms with E-state index < -0.39 is 5.91 Å². The van der Waals surface area contributed by atoms with Gasteiger partial charge in [-0.05, 0) is 38.0 Å². The predicted octanol–water partition coefficient (Wildman–Crippen LogP) is 2.19. The Hall–Kier alpha value is -3.46. The van der Waals surface area contributed by atoms with E-state index >= 15 is 0 Å². The zero-order valence-corrected chi connectivity index (χ0v) is 16.8. The minimum absolute atomic E-state index is 0.105. The zero-order valence-electron chi connectivity index (χ0n) is 16.8. The number of nitrogens with zero attached hydrogens (tertiary/aromatic N) is 4. The fourth-order valence-electron chi connectivity index (χ4n) is 3.63. The van der Waals surface area contributed by atoms with Gasteiger partial charge >= 0.3 is 0 Å². The number of carbonyl (C=O) groups is 1. The minimum Gasteiger partial charge on any atom is -0.478 e. The number of amides is 1. The van der Waals surface area contributed by atoms with E-state index in [0.717, 1.165) is 37.0 Å². The second kappa shape index (κ2) is 8.50. The molecule has 0 bridgehead atoms. The molecule has 3 aromatic heterocycles. The predicted molar refractivity (Wildman–Crippen MR) is 117 cm³/mol. The number of anilines is 3. The van der Waals surface area contributed by atoms with Crippen molar-refractivity contribution in [2.45, 2.75) is 25.8 Å². The van der Waals surface area contributed by atoms with Crippen LogP contribution in [0.1, 0.15) is 30.3 Å². The molecule has 0 spiro atoms. The van der Waals surface area contributed by atoms with Crippen molar-refractivity contribution in [2.75, 3.05) is 35.6 Å². The summed E-state index contributed by atoms with van der Waals surface area (Å²) in [6, 6.07) is 7.24. The van der Waals surface area contributed by atoms with Crippen molar-refractivity contribution in [3.63, 3.8) is 0 Å². The lowest BCUT2D eigenvalue weighted by Crippen LogP contribution is -2.43. The van der Waals surface area contributed by atoms with Crippen LogP contribution in [0.5, 0.6) is 5.88 Å². The number of ether oxygens (including phenoxy) is 1. The molecule has 0 aromatic carbocycles. The number of carbonyl (C=O) groups excluding carboxylic acids is 1. The summed E-state index contributed by atoms with van der Waals surface area (Å²) in [5, 5.41) is 3.63. The van der Waals surface area contributed by atoms with Crippen LogP contribution in [0.25, 0.3) is 11.0 Å². The van der Waals surface area contributed by atoms with Crippen molar-refractivity contribution in [3.05, 3.63) is 42.4 Å². The Balaban J connectivity index is 1.62. The van der Waals surface area contributed by atoms with Crippen LogP contribution in [-0.4, -0.2) is 46.6 Å². The molecule has 4 rings (SSSR count). The largest absolute Gasteiger partial charge is 0.478 e. The van der Waals surface area contributed by atoms with Gasteiger partial charge < -0.3 is 26.4 Å². The van der Waals surface area contributed by atoms with Gasteiger partial charge in [0.2, 0.25) is 5.88 Å². The van der Waals surface area contributed by atoms with Crippen LogP contribution in [0, 0.1) is 0 Å². The monoisotopic (exact) mass is 407 g/mol. The van der Waals surface area contributed by atoms with Crippen LogP contribution in [0.2, 0.25) is 0 Å². The topological polar surface area (TPSA) is 132 Å². The second-order valence-electron chi connectivity index (χ2n) is 7.25. The van der Waals surface area contributed by atoms with Crippen molar-refractivity contribution < 1.29 is 9.53 Å². The van der Waals surface area contributed by atoms with Gasteiger partial charge in [-0.2, -0.15) is 4.98 Å². The molecule has 0 radical (unpaired) electrons. The van der Waals surface area contributed by atoms with E-state index in [-0.39, 0.29) is 17.4 Å². The summed E-state index contributed by atoms with van der Waals surface area (Å²) in [6.07, 6.45) is 5.32. The van der Waals surface area contributed by atoms with Gasteiger partial charge in [0.1, 0.15) is 0 Å². The van der Waals surface area contributed by atoms with Gasteiger partial charge in [0, 0.05) is 36.8 Å². The van der Waals surface area contributed by atoms with Gasteiger partial charge in [-0.25, -0.2) is 4.98 Å². The van der Waals surface area contributed by atoms with Crippen molar-refractivity contribution in [1.29, 1.82) is 0 Å². The maximum Gasteiger partial charge on any atom is 0.276 e. The molecule has 1 aliphatic heterocycles. The van der Waals surface area contributed by atoms with Crippen molar-refractivity contribution in [1.82, 2.24) is 15.0 Å². The van der Waals surface area contributed by atoms with Gasteiger partial charge in [-0.15, -0.1) is 0 Å². The first kappa shape index (κ1) is 19.8. The highest BCUT2D eigenvalue weighted by Gasteiger charge is 2.21. The number of pyridine rings is 3. The summed E-state index contributed by atoms with van der Waals surface area (Å²) in [5.41, 5.74) is 14.5. The molecule has 9 nitrogen and oxygen atoms in total. The number of nitrogens with two attached hydrogens (primary N) is 2. The third kappa shape index (κ3) is 4.11. The lowest BCUT2D eigenvalue weighted by atomic mass is 10.1. The van der Waals surface area contributed by atoms with Gasteiger partial charge in [0.05, 0.1) is 29.9 Å². The minimum atomic E-state index is -0.423. The van der Waals surface area contributed by atoms with Crippen LogP contribution in [0.4, 0.5) is 17.1 Å². The average Bonchev–Trinajstić information content (AvgIpc) is 2.74. The van der Waals surface area contributed by atoms with Crippen LogP contribution in [0.3, 0.4) is 0 Å². The molecular formula is C21H25N7O2. The Morgan fingerprint density at radius 1 is 1.33 bits per heavy atom. The molecule has 1 fully saturated rings. The Kier molecular flexibility index (Phi) is 5.62. The molecule has 5 N–H and O–H groups in total. The first-order valence-electron chi connectivity index (χ1n) is 10.0. The smallest absolute Gasteiger partial charge is 0.276 e. The molecule has 9 heteroatoms. The number of rotatable bonds is 5. The van der Waals surface area contributed by atoms with Gasteiger partial charge in [-0.1, -0.05) is 0 Å². The summed E-state index contributed by atoms with van der Waals surface area (Å²) in [7, 11) is 0. The number of fused-ring (bicyclic) bond motifs is 1. The first-order valence-corrected chi connectivity index (χ1v) is 10.0. The number of hydrogen-bond donors (Lipinski definition) is 3. The van der Waals surface area contributed by atoms with Crippen molar-refractivity contribution >= 4 is 34.0 Å². The SMILES string of the molecule is CCOc1ccc2cc(N)c(C(=O)Nc3cnccc3N3CCC[C@H](N)C3)nc2n1. The molecule has 4 heterocycles. The quantitative estimate of drug-likeness (QED) is 0.586. The third-order valence-corrected chi connectivity index (χ3v) is 5.03. The Morgan fingerprint density at radius 3 is 3.00 bits per heavy atom. The van der Waals surface area contributed by atoms with E-state index in [2.05, 4.69) is 25.2 Å². The van der Waals surface area contributed by atoms with Crippen molar-refractivity contribution in [2.24, 2.45) is 5.73 Å². The normalized spacial score (nSPS) is 16.5. The number of piperidine rings is 1. The molecule has 0 saturated carbocycles. The maximum absolute atomic E-state index is 13.0. The fraction of sp³-hybridized carbons (Fsp3) is 0.333. The molecule has 1 saturated heterocycles. The standard InChI is InChI=1S/C21H25N7O2/c1-2-30-18-6-5-13-10-15(23)19(27-20(13)26-18)21(29)25-16-11-24-8-7-17(16)28-9-3-4-14(22)12-28/h5-8,10-11,14H,2-4,9,12,22-23H2,1H3,(H,25,29)/t14-/m0/s1. The van der Waals surface area contributed by atoms with Crippen LogP contribution in [-0.2, 0) is 0 Å². The van der Waals surface area contributed by atoms with Crippen LogP contribution >= 0.6 is 0 Å². The Bertz CT molecular complexity index is 1070. The summed E-state index contributed by atoms with van der Waals surface area (Å²) in [6.45, 7) is 3.97. The fourth-order valence-corrected chi connectivity index (χ4v) is 3.63. The maximum atomic E-state index is 13.0.